The Labute approximate surface area is 125 Å². The first kappa shape index (κ1) is 15.2. The summed E-state index contributed by atoms with van der Waals surface area (Å²) in [5.74, 6) is -0.994. The molecule has 1 heterocycles. The smallest absolute Gasteiger partial charge is 0.406 e. The van der Waals surface area contributed by atoms with Gasteiger partial charge in [0.25, 0.3) is 0 Å². The summed E-state index contributed by atoms with van der Waals surface area (Å²) in [6.07, 6.45) is -4.81. The standard InChI is InChI=1S/C12H5Cl2F3O2S/c13-9-5-8(11(14)20-9)10(18)6-2-1-3-7(4-6)19-12(15,16)17/h1-5H. The van der Waals surface area contributed by atoms with Gasteiger partial charge in [0.15, 0.2) is 5.78 Å². The van der Waals surface area contributed by atoms with Crippen LogP contribution in [0.4, 0.5) is 13.2 Å². The van der Waals surface area contributed by atoms with Crippen molar-refractivity contribution >= 4 is 40.3 Å². The highest BCUT2D eigenvalue weighted by Crippen LogP contribution is 2.33. The Morgan fingerprint density at radius 1 is 1.20 bits per heavy atom. The third kappa shape index (κ3) is 3.65. The minimum absolute atomic E-state index is 0.0307. The molecule has 0 radical (unpaired) electrons. The molecule has 0 saturated carbocycles. The second-order valence-corrected chi connectivity index (χ2v) is 5.93. The van der Waals surface area contributed by atoms with Gasteiger partial charge in [-0.2, -0.15) is 0 Å². The second kappa shape index (κ2) is 5.63. The zero-order chi connectivity index (χ0) is 14.9. The molecule has 8 heteroatoms. The number of ketones is 1. The molecule has 1 aromatic carbocycles. The van der Waals surface area contributed by atoms with E-state index in [1.54, 1.807) is 0 Å². The van der Waals surface area contributed by atoms with Gasteiger partial charge in [0.2, 0.25) is 0 Å². The number of benzene rings is 1. The molecular weight excluding hydrogens is 336 g/mol. The lowest BCUT2D eigenvalue weighted by Gasteiger charge is -2.09. The summed E-state index contributed by atoms with van der Waals surface area (Å²) in [4.78, 5) is 12.1. The van der Waals surface area contributed by atoms with Crippen molar-refractivity contribution in [3.8, 4) is 5.75 Å². The maximum absolute atomic E-state index is 12.1. The lowest BCUT2D eigenvalue weighted by molar-refractivity contribution is -0.274. The first-order valence-electron chi connectivity index (χ1n) is 5.11. The van der Waals surface area contributed by atoms with Crippen molar-refractivity contribution in [2.24, 2.45) is 0 Å². The van der Waals surface area contributed by atoms with Gasteiger partial charge in [0.05, 0.1) is 9.90 Å². The number of hydrogen-bond acceptors (Lipinski definition) is 3. The predicted octanol–water partition coefficient (Wildman–Crippen LogP) is 5.18. The van der Waals surface area contributed by atoms with Crippen LogP contribution in [0.5, 0.6) is 5.75 Å². The van der Waals surface area contributed by atoms with E-state index in [9.17, 15) is 18.0 Å². The Bertz CT molecular complexity index is 652. The second-order valence-electron chi connectivity index (χ2n) is 3.64. The van der Waals surface area contributed by atoms with Crippen molar-refractivity contribution in [1.82, 2.24) is 0 Å². The molecule has 0 N–H and O–H groups in total. The fourth-order valence-corrected chi connectivity index (χ4v) is 2.94. The summed E-state index contributed by atoms with van der Waals surface area (Å²) in [6.45, 7) is 0. The third-order valence-corrected chi connectivity index (χ3v) is 3.72. The van der Waals surface area contributed by atoms with Crippen LogP contribution in [0.1, 0.15) is 15.9 Å². The van der Waals surface area contributed by atoms with E-state index in [1.165, 1.54) is 18.2 Å². The predicted molar refractivity (Wildman–Crippen MR) is 70.9 cm³/mol. The van der Waals surface area contributed by atoms with Gasteiger partial charge in [-0.05, 0) is 18.2 Å². The Hall–Kier alpha value is -1.24. The van der Waals surface area contributed by atoms with Gasteiger partial charge in [0.1, 0.15) is 10.1 Å². The van der Waals surface area contributed by atoms with Crippen molar-refractivity contribution in [2.45, 2.75) is 6.36 Å². The fraction of sp³-hybridized carbons (Fsp3) is 0.0833. The summed E-state index contributed by atoms with van der Waals surface area (Å²) < 4.78 is 40.6. The summed E-state index contributed by atoms with van der Waals surface area (Å²) in [5.41, 5.74) is 0.175. The molecule has 106 valence electrons. The molecular formula is C12H5Cl2F3O2S. The Morgan fingerprint density at radius 2 is 1.90 bits per heavy atom. The zero-order valence-electron chi connectivity index (χ0n) is 9.50. The quantitative estimate of drug-likeness (QED) is 0.719. The summed E-state index contributed by atoms with van der Waals surface area (Å²) in [5, 5.41) is 0. The van der Waals surface area contributed by atoms with Gasteiger partial charge in [-0.15, -0.1) is 24.5 Å². The fourth-order valence-electron chi connectivity index (χ4n) is 1.49. The Morgan fingerprint density at radius 3 is 2.45 bits per heavy atom. The van der Waals surface area contributed by atoms with Crippen molar-refractivity contribution < 1.29 is 22.7 Å². The number of ether oxygens (including phenoxy) is 1. The number of rotatable bonds is 3. The Balaban J connectivity index is 2.31. The highest BCUT2D eigenvalue weighted by molar-refractivity contribution is 7.20. The van der Waals surface area contributed by atoms with E-state index in [1.807, 2.05) is 0 Å². The van der Waals surface area contributed by atoms with Crippen LogP contribution in [0.3, 0.4) is 0 Å². The van der Waals surface area contributed by atoms with Gasteiger partial charge >= 0.3 is 6.36 Å². The highest BCUT2D eigenvalue weighted by atomic mass is 35.5. The van der Waals surface area contributed by atoms with Crippen molar-refractivity contribution in [2.75, 3.05) is 0 Å². The Kier molecular flexibility index (Phi) is 4.27. The SMILES string of the molecule is O=C(c1cccc(OC(F)(F)F)c1)c1cc(Cl)sc1Cl. The molecule has 0 unspecified atom stereocenters. The average molecular weight is 341 g/mol. The molecule has 2 nitrogen and oxygen atoms in total. The molecule has 0 aliphatic rings. The molecule has 0 spiro atoms. The van der Waals surface area contributed by atoms with Crippen LogP contribution >= 0.6 is 34.5 Å². The molecule has 0 bridgehead atoms. The van der Waals surface area contributed by atoms with E-state index in [0.717, 1.165) is 23.5 Å². The van der Waals surface area contributed by atoms with Crippen molar-refractivity contribution in [3.05, 3.63) is 50.1 Å². The number of carbonyl (C=O) groups excluding carboxylic acids is 1. The molecule has 1 aromatic heterocycles. The van der Waals surface area contributed by atoms with Gasteiger partial charge in [-0.25, -0.2) is 0 Å². The van der Waals surface area contributed by atoms with E-state index >= 15 is 0 Å². The van der Waals surface area contributed by atoms with E-state index < -0.39 is 17.9 Å². The minimum Gasteiger partial charge on any atom is -0.406 e. The molecule has 2 rings (SSSR count). The lowest BCUT2D eigenvalue weighted by Crippen LogP contribution is -2.17. The number of halogens is 5. The van der Waals surface area contributed by atoms with Crippen molar-refractivity contribution in [1.29, 1.82) is 0 Å². The van der Waals surface area contributed by atoms with Crippen molar-refractivity contribution in [3.63, 3.8) is 0 Å². The monoisotopic (exact) mass is 340 g/mol. The first-order valence-corrected chi connectivity index (χ1v) is 6.69. The number of hydrogen-bond donors (Lipinski definition) is 0. The average Bonchev–Trinajstić information content (AvgIpc) is 2.65. The zero-order valence-corrected chi connectivity index (χ0v) is 11.8. The lowest BCUT2D eigenvalue weighted by atomic mass is 10.1. The molecule has 0 atom stereocenters. The van der Waals surface area contributed by atoms with E-state index in [4.69, 9.17) is 23.2 Å². The molecule has 0 aliphatic carbocycles. The molecule has 20 heavy (non-hydrogen) atoms. The van der Waals surface area contributed by atoms with Gasteiger partial charge in [0, 0.05) is 5.56 Å². The van der Waals surface area contributed by atoms with Crippen LogP contribution in [-0.4, -0.2) is 12.1 Å². The summed E-state index contributed by atoms with van der Waals surface area (Å²) in [6, 6.07) is 6.13. The molecule has 0 fully saturated rings. The third-order valence-electron chi connectivity index (χ3n) is 2.23. The molecule has 0 amide bonds. The maximum atomic E-state index is 12.1. The van der Waals surface area contributed by atoms with Gasteiger partial charge in [-0.1, -0.05) is 35.3 Å². The van der Waals surface area contributed by atoms with Gasteiger partial charge in [-0.3, -0.25) is 4.79 Å². The maximum Gasteiger partial charge on any atom is 0.573 e. The number of alkyl halides is 3. The van der Waals surface area contributed by atoms with E-state index in [-0.39, 0.29) is 15.5 Å². The van der Waals surface area contributed by atoms with Crippen LogP contribution in [0.2, 0.25) is 8.67 Å². The molecule has 0 aliphatic heterocycles. The topological polar surface area (TPSA) is 26.3 Å². The van der Waals surface area contributed by atoms with E-state index in [2.05, 4.69) is 4.74 Å². The minimum atomic E-state index is -4.81. The van der Waals surface area contributed by atoms with Crippen LogP contribution in [0.15, 0.2) is 30.3 Å². The van der Waals surface area contributed by atoms with Crippen LogP contribution in [0.25, 0.3) is 0 Å². The summed E-state index contributed by atoms with van der Waals surface area (Å²) in [7, 11) is 0. The normalized spacial score (nSPS) is 11.4. The van der Waals surface area contributed by atoms with Gasteiger partial charge < -0.3 is 4.74 Å². The van der Waals surface area contributed by atoms with E-state index in [0.29, 0.717) is 4.34 Å². The largest absolute Gasteiger partial charge is 0.573 e. The first-order chi connectivity index (χ1) is 9.26. The van der Waals surface area contributed by atoms with Crippen LogP contribution in [0, 0.1) is 0 Å². The molecule has 0 saturated heterocycles. The van der Waals surface area contributed by atoms with Crippen LogP contribution in [-0.2, 0) is 0 Å². The van der Waals surface area contributed by atoms with Crippen LogP contribution < -0.4 is 4.74 Å². The number of thiophene rings is 1. The molecule has 2 aromatic rings. The number of carbonyl (C=O) groups is 1. The highest BCUT2D eigenvalue weighted by Gasteiger charge is 2.31. The summed E-state index contributed by atoms with van der Waals surface area (Å²) >= 11 is 12.6.